The number of ether oxygens (including phenoxy) is 1. The fraction of sp³-hybridized carbons (Fsp3) is 0.429. The van der Waals surface area contributed by atoms with E-state index in [9.17, 15) is 4.79 Å². The number of Topliss-reactive ketones (excluding diaryl/α,β-unsaturated/α-hetero) is 1. The third kappa shape index (κ3) is 4.79. The lowest BCUT2D eigenvalue weighted by atomic mass is 9.89. The highest BCUT2D eigenvalue weighted by Gasteiger charge is 2.22. The topological polar surface area (TPSA) is 44.1 Å². The molecule has 1 heterocycles. The smallest absolute Gasteiger partial charge is 0.168 e. The van der Waals surface area contributed by atoms with Gasteiger partial charge in [-0.1, -0.05) is 29.8 Å². The molecule has 0 N–H and O–H groups in total. The lowest BCUT2D eigenvalue weighted by Crippen LogP contribution is -2.10. The van der Waals surface area contributed by atoms with Crippen LogP contribution in [0.4, 0.5) is 0 Å². The monoisotopic (exact) mass is 428 g/mol. The minimum atomic E-state index is 0.145. The molecule has 0 aliphatic heterocycles. The van der Waals surface area contributed by atoms with Crippen molar-refractivity contribution in [1.29, 1.82) is 0 Å². The van der Waals surface area contributed by atoms with Crippen molar-refractivity contribution in [2.45, 2.75) is 65.3 Å². The molecule has 3 aromatic rings. The van der Waals surface area contributed by atoms with Gasteiger partial charge in [0.2, 0.25) is 0 Å². The number of hydrogen-bond acceptors (Lipinski definition) is 3. The zero-order valence-electron chi connectivity index (χ0n) is 19.2. The van der Waals surface area contributed by atoms with Crippen LogP contribution in [0.25, 0.3) is 0 Å². The van der Waals surface area contributed by atoms with Crippen molar-refractivity contribution in [1.82, 2.24) is 9.78 Å². The molecule has 0 bridgehead atoms. The lowest BCUT2D eigenvalue weighted by molar-refractivity contribution is 0.0991. The second-order valence-corrected chi connectivity index (χ2v) is 9.59. The Bertz CT molecular complexity index is 1140. The average molecular weight is 429 g/mol. The van der Waals surface area contributed by atoms with E-state index in [1.54, 1.807) is 0 Å². The summed E-state index contributed by atoms with van der Waals surface area (Å²) in [7, 11) is 0. The van der Waals surface area contributed by atoms with Gasteiger partial charge in [0.1, 0.15) is 5.75 Å². The molecule has 32 heavy (non-hydrogen) atoms. The Morgan fingerprint density at radius 1 is 1.03 bits per heavy atom. The van der Waals surface area contributed by atoms with E-state index in [0.29, 0.717) is 13.0 Å². The Kier molecular flexibility index (Phi) is 5.86. The van der Waals surface area contributed by atoms with E-state index in [1.807, 2.05) is 16.8 Å². The van der Waals surface area contributed by atoms with Crippen molar-refractivity contribution in [3.63, 3.8) is 0 Å². The molecule has 2 aliphatic carbocycles. The van der Waals surface area contributed by atoms with Crippen LogP contribution in [0, 0.1) is 19.8 Å². The molecule has 166 valence electrons. The molecule has 0 radical (unpaired) electrons. The van der Waals surface area contributed by atoms with E-state index < -0.39 is 0 Å². The van der Waals surface area contributed by atoms with Gasteiger partial charge < -0.3 is 4.74 Å². The summed E-state index contributed by atoms with van der Waals surface area (Å²) in [6, 6.07) is 14.6. The first-order valence-electron chi connectivity index (χ1n) is 12.0. The Hall–Kier alpha value is -2.88. The summed E-state index contributed by atoms with van der Waals surface area (Å²) in [5.41, 5.74) is 7.82. The Morgan fingerprint density at radius 3 is 2.66 bits per heavy atom. The summed E-state index contributed by atoms with van der Waals surface area (Å²) >= 11 is 0. The van der Waals surface area contributed by atoms with Crippen LogP contribution in [0.5, 0.6) is 5.75 Å². The average Bonchev–Trinajstić information content (AvgIpc) is 3.56. The molecule has 4 nitrogen and oxygen atoms in total. The second-order valence-electron chi connectivity index (χ2n) is 9.59. The predicted molar refractivity (Wildman–Crippen MR) is 127 cm³/mol. The van der Waals surface area contributed by atoms with E-state index in [-0.39, 0.29) is 5.78 Å². The molecule has 2 aromatic carbocycles. The number of fused-ring (bicyclic) bond motifs is 1. The largest absolute Gasteiger partial charge is 0.493 e. The van der Waals surface area contributed by atoms with Gasteiger partial charge in [-0.25, -0.2) is 0 Å². The van der Waals surface area contributed by atoms with Crippen LogP contribution >= 0.6 is 0 Å². The fourth-order valence-electron chi connectivity index (χ4n) is 4.62. The summed E-state index contributed by atoms with van der Waals surface area (Å²) in [6.45, 7) is 5.61. The highest BCUT2D eigenvalue weighted by Crippen LogP contribution is 2.31. The third-order valence-electron chi connectivity index (χ3n) is 6.75. The van der Waals surface area contributed by atoms with Gasteiger partial charge in [-0.3, -0.25) is 9.48 Å². The van der Waals surface area contributed by atoms with Crippen molar-refractivity contribution in [3.8, 4) is 5.75 Å². The molecule has 0 saturated heterocycles. The zero-order valence-corrected chi connectivity index (χ0v) is 19.2. The molecule has 0 spiro atoms. The maximum atomic E-state index is 13.0. The van der Waals surface area contributed by atoms with Crippen LogP contribution in [0.3, 0.4) is 0 Å². The number of nitrogens with zero attached hydrogens (tertiary/aromatic N) is 2. The molecular formula is C28H32N2O2. The number of carbonyl (C=O) groups excluding carboxylic acids is 1. The van der Waals surface area contributed by atoms with Crippen molar-refractivity contribution in [2.75, 3.05) is 6.61 Å². The SMILES string of the molecule is Cc1ccc(OCC2CC2)c(Cn2nc(CC(=O)c3ccc4c(c3)CCCC4)cc2C)c1. The van der Waals surface area contributed by atoms with Gasteiger partial charge in [-0.2, -0.15) is 5.10 Å². The number of aromatic nitrogens is 2. The van der Waals surface area contributed by atoms with Crippen molar-refractivity contribution >= 4 is 5.78 Å². The second kappa shape index (κ2) is 8.93. The third-order valence-corrected chi connectivity index (χ3v) is 6.75. The molecule has 2 aliphatic rings. The van der Waals surface area contributed by atoms with Gasteiger partial charge in [0.05, 0.1) is 25.3 Å². The summed E-state index contributed by atoms with van der Waals surface area (Å²) in [5, 5.41) is 4.78. The van der Waals surface area contributed by atoms with Gasteiger partial charge in [-0.15, -0.1) is 0 Å². The number of aryl methyl sites for hydroxylation is 4. The first-order valence-corrected chi connectivity index (χ1v) is 12.0. The quantitative estimate of drug-likeness (QED) is 0.436. The maximum absolute atomic E-state index is 13.0. The van der Waals surface area contributed by atoms with Crippen LogP contribution in [0.2, 0.25) is 0 Å². The van der Waals surface area contributed by atoms with E-state index in [2.05, 4.69) is 44.2 Å². The number of carbonyl (C=O) groups is 1. The van der Waals surface area contributed by atoms with Gasteiger partial charge >= 0.3 is 0 Å². The fourth-order valence-corrected chi connectivity index (χ4v) is 4.62. The zero-order chi connectivity index (χ0) is 22.1. The number of rotatable bonds is 8. The van der Waals surface area contributed by atoms with Crippen LogP contribution in [0.1, 0.15) is 69.7 Å². The van der Waals surface area contributed by atoms with Crippen molar-refractivity contribution in [2.24, 2.45) is 5.92 Å². The van der Waals surface area contributed by atoms with Crippen molar-refractivity contribution in [3.05, 3.63) is 81.7 Å². The molecule has 5 rings (SSSR count). The Balaban J connectivity index is 1.30. The molecule has 0 amide bonds. The summed E-state index contributed by atoms with van der Waals surface area (Å²) in [4.78, 5) is 13.0. The molecule has 0 unspecified atom stereocenters. The molecule has 0 atom stereocenters. The van der Waals surface area contributed by atoms with Crippen LogP contribution in [0.15, 0.2) is 42.5 Å². The van der Waals surface area contributed by atoms with Crippen LogP contribution < -0.4 is 4.74 Å². The maximum Gasteiger partial charge on any atom is 0.168 e. The Labute approximate surface area is 190 Å². The normalized spacial score (nSPS) is 15.4. The highest BCUT2D eigenvalue weighted by molar-refractivity contribution is 5.97. The summed E-state index contributed by atoms with van der Waals surface area (Å²) < 4.78 is 8.10. The first kappa shape index (κ1) is 21.0. The van der Waals surface area contributed by atoms with E-state index in [0.717, 1.165) is 53.6 Å². The van der Waals surface area contributed by atoms with E-state index in [1.165, 1.54) is 42.4 Å². The molecule has 4 heteroatoms. The van der Waals surface area contributed by atoms with E-state index >= 15 is 0 Å². The van der Waals surface area contributed by atoms with Crippen LogP contribution in [-0.2, 0) is 25.8 Å². The molecule has 1 fully saturated rings. The molecule has 1 aromatic heterocycles. The summed E-state index contributed by atoms with van der Waals surface area (Å²) in [6.07, 6.45) is 7.60. The summed E-state index contributed by atoms with van der Waals surface area (Å²) in [5.74, 6) is 1.81. The predicted octanol–water partition coefficient (Wildman–Crippen LogP) is 5.64. The van der Waals surface area contributed by atoms with Crippen LogP contribution in [-0.4, -0.2) is 22.2 Å². The first-order chi connectivity index (χ1) is 15.5. The Morgan fingerprint density at radius 2 is 1.84 bits per heavy atom. The minimum absolute atomic E-state index is 0.145. The minimum Gasteiger partial charge on any atom is -0.493 e. The van der Waals surface area contributed by atoms with Gasteiger partial charge in [0.25, 0.3) is 0 Å². The number of benzene rings is 2. The van der Waals surface area contributed by atoms with Gasteiger partial charge in [-0.05, 0) is 87.6 Å². The number of hydrogen-bond donors (Lipinski definition) is 0. The van der Waals surface area contributed by atoms with E-state index in [4.69, 9.17) is 9.84 Å². The standard InChI is InChI=1S/C28H32N2O2/c1-19-7-12-28(32-18-21-8-9-21)25(13-19)17-30-20(2)14-26(29-30)16-27(31)24-11-10-22-5-3-4-6-23(22)15-24/h7,10-15,21H,3-6,8-9,16-18H2,1-2H3. The lowest BCUT2D eigenvalue weighted by Gasteiger charge is -2.16. The van der Waals surface area contributed by atoms with Gasteiger partial charge in [0, 0.05) is 16.8 Å². The molecule has 1 saturated carbocycles. The molecular weight excluding hydrogens is 396 g/mol. The number of ketones is 1. The highest BCUT2D eigenvalue weighted by atomic mass is 16.5. The van der Waals surface area contributed by atoms with Gasteiger partial charge in [0.15, 0.2) is 5.78 Å². The van der Waals surface area contributed by atoms with Crippen molar-refractivity contribution < 1.29 is 9.53 Å².